The van der Waals surface area contributed by atoms with Crippen LogP contribution in [-0.4, -0.2) is 38.3 Å². The van der Waals surface area contributed by atoms with Crippen molar-refractivity contribution < 1.29 is 18.6 Å². The summed E-state index contributed by atoms with van der Waals surface area (Å²) < 4.78 is 22.5. The lowest BCUT2D eigenvalue weighted by molar-refractivity contribution is 0.324. The van der Waals surface area contributed by atoms with Crippen molar-refractivity contribution in [2.75, 3.05) is 33.7 Å². The molecule has 0 unspecified atom stereocenters. The van der Waals surface area contributed by atoms with Gasteiger partial charge in [-0.3, -0.25) is 4.98 Å². The number of aromatic nitrogens is 2. The second kappa shape index (κ2) is 7.71. The van der Waals surface area contributed by atoms with Crippen LogP contribution in [0, 0.1) is 0 Å². The summed E-state index contributed by atoms with van der Waals surface area (Å²) in [6.07, 6.45) is 3.53. The van der Waals surface area contributed by atoms with Gasteiger partial charge in [0.05, 0.1) is 21.3 Å². The summed E-state index contributed by atoms with van der Waals surface area (Å²) in [5.41, 5.74) is 4.18. The molecular weight excluding hydrogens is 370 g/mol. The maximum Gasteiger partial charge on any atom is 0.203 e. The molecule has 7 nitrogen and oxygen atoms in total. The Bertz CT molecular complexity index is 1140. The van der Waals surface area contributed by atoms with E-state index in [1.165, 1.54) is 0 Å². The maximum absolute atomic E-state index is 6.23. The van der Waals surface area contributed by atoms with Gasteiger partial charge in [0.2, 0.25) is 5.75 Å². The molecule has 3 heterocycles. The summed E-state index contributed by atoms with van der Waals surface area (Å²) in [5, 5.41) is 3.06. The van der Waals surface area contributed by atoms with Gasteiger partial charge in [0.1, 0.15) is 17.1 Å². The van der Waals surface area contributed by atoms with Crippen molar-refractivity contribution in [3.8, 4) is 39.7 Å². The second-order valence-electron chi connectivity index (χ2n) is 6.28. The molecule has 4 aromatic rings. The zero-order valence-electron chi connectivity index (χ0n) is 16.6. The van der Waals surface area contributed by atoms with E-state index in [2.05, 4.69) is 15.3 Å². The Balaban J connectivity index is 1.87. The Kier molecular flexibility index (Phi) is 4.95. The van der Waals surface area contributed by atoms with Gasteiger partial charge in [-0.05, 0) is 35.9 Å². The average Bonchev–Trinajstić information content (AvgIpc) is 3.22. The molecule has 3 aromatic heterocycles. The summed E-state index contributed by atoms with van der Waals surface area (Å²) in [6, 6.07) is 11.4. The molecule has 0 aliphatic carbocycles. The van der Waals surface area contributed by atoms with Gasteiger partial charge >= 0.3 is 0 Å². The minimum Gasteiger partial charge on any atom is -0.493 e. The van der Waals surface area contributed by atoms with Gasteiger partial charge in [-0.2, -0.15) is 0 Å². The van der Waals surface area contributed by atoms with Crippen LogP contribution in [0.1, 0.15) is 0 Å². The van der Waals surface area contributed by atoms with E-state index in [0.29, 0.717) is 28.6 Å². The molecule has 0 saturated carbocycles. The third-order valence-electron chi connectivity index (χ3n) is 4.69. The quantitative estimate of drug-likeness (QED) is 0.513. The number of furan rings is 1. The van der Waals surface area contributed by atoms with Crippen molar-refractivity contribution in [3.05, 3.63) is 48.8 Å². The van der Waals surface area contributed by atoms with Gasteiger partial charge in [-0.15, -0.1) is 0 Å². The Hall–Kier alpha value is -3.74. The number of fused-ring (bicyclic) bond motifs is 1. The fourth-order valence-corrected chi connectivity index (χ4v) is 3.27. The van der Waals surface area contributed by atoms with Crippen LogP contribution in [-0.2, 0) is 0 Å². The smallest absolute Gasteiger partial charge is 0.203 e. The van der Waals surface area contributed by atoms with Crippen LogP contribution in [0.15, 0.2) is 53.2 Å². The minimum absolute atomic E-state index is 0.532. The summed E-state index contributed by atoms with van der Waals surface area (Å²) in [7, 11) is 6.58. The van der Waals surface area contributed by atoms with Crippen molar-refractivity contribution in [2.24, 2.45) is 0 Å². The monoisotopic (exact) mass is 391 g/mol. The molecule has 29 heavy (non-hydrogen) atoms. The van der Waals surface area contributed by atoms with E-state index in [1.807, 2.05) is 43.4 Å². The fraction of sp³-hybridized carbons (Fsp3) is 0.182. The lowest BCUT2D eigenvalue weighted by atomic mass is 10.1. The lowest BCUT2D eigenvalue weighted by Crippen LogP contribution is -1.95. The van der Waals surface area contributed by atoms with Crippen LogP contribution >= 0.6 is 0 Å². The predicted octanol–water partition coefficient (Wildman–Crippen LogP) is 4.62. The van der Waals surface area contributed by atoms with E-state index in [-0.39, 0.29) is 0 Å². The number of nitrogens with zero attached hydrogens (tertiary/aromatic N) is 2. The topological polar surface area (TPSA) is 78.6 Å². The van der Waals surface area contributed by atoms with Crippen molar-refractivity contribution in [3.63, 3.8) is 0 Å². The van der Waals surface area contributed by atoms with Gasteiger partial charge in [-0.1, -0.05) is 0 Å². The molecule has 1 aromatic carbocycles. The highest BCUT2D eigenvalue weighted by Crippen LogP contribution is 2.42. The van der Waals surface area contributed by atoms with E-state index in [4.69, 9.17) is 18.6 Å². The highest BCUT2D eigenvalue weighted by Gasteiger charge is 2.18. The number of hydrogen-bond donors (Lipinski definition) is 1. The van der Waals surface area contributed by atoms with E-state index in [9.17, 15) is 0 Å². The first-order valence-electron chi connectivity index (χ1n) is 9.01. The minimum atomic E-state index is 0.532. The highest BCUT2D eigenvalue weighted by atomic mass is 16.5. The Labute approximate surface area is 168 Å². The number of hydrogen-bond acceptors (Lipinski definition) is 7. The molecule has 0 aliphatic heterocycles. The molecule has 1 N–H and O–H groups in total. The Morgan fingerprint density at radius 1 is 0.828 bits per heavy atom. The molecule has 4 rings (SSSR count). The Morgan fingerprint density at radius 3 is 2.21 bits per heavy atom. The number of pyridine rings is 2. The molecule has 0 spiro atoms. The Morgan fingerprint density at radius 2 is 1.55 bits per heavy atom. The molecule has 7 heteroatoms. The first-order chi connectivity index (χ1) is 14.2. The van der Waals surface area contributed by atoms with E-state index in [1.54, 1.807) is 33.7 Å². The number of anilines is 1. The predicted molar refractivity (Wildman–Crippen MR) is 112 cm³/mol. The molecule has 148 valence electrons. The van der Waals surface area contributed by atoms with Gasteiger partial charge < -0.3 is 23.9 Å². The third-order valence-corrected chi connectivity index (χ3v) is 4.69. The largest absolute Gasteiger partial charge is 0.493 e. The average molecular weight is 391 g/mol. The normalized spacial score (nSPS) is 10.8. The second-order valence-corrected chi connectivity index (χ2v) is 6.28. The van der Waals surface area contributed by atoms with Crippen LogP contribution in [0.5, 0.6) is 17.2 Å². The van der Waals surface area contributed by atoms with E-state index in [0.717, 1.165) is 28.0 Å². The van der Waals surface area contributed by atoms with E-state index >= 15 is 0 Å². The number of benzene rings is 1. The molecule has 0 bridgehead atoms. The fourth-order valence-electron chi connectivity index (χ4n) is 3.27. The molecule has 0 radical (unpaired) electrons. The molecule has 0 atom stereocenters. The van der Waals surface area contributed by atoms with Gasteiger partial charge in [0.25, 0.3) is 0 Å². The molecule has 0 aliphatic rings. The van der Waals surface area contributed by atoms with E-state index < -0.39 is 0 Å². The van der Waals surface area contributed by atoms with Crippen LogP contribution in [0.4, 0.5) is 5.82 Å². The first kappa shape index (κ1) is 18.6. The van der Waals surface area contributed by atoms with Crippen molar-refractivity contribution in [1.82, 2.24) is 9.97 Å². The summed E-state index contributed by atoms with van der Waals surface area (Å²) in [5.74, 6) is 3.09. The third kappa shape index (κ3) is 3.31. The maximum atomic E-state index is 6.23. The van der Waals surface area contributed by atoms with Gasteiger partial charge in [0, 0.05) is 36.6 Å². The SMILES string of the molecule is CNc1cc(-c2ccnc3cc(-c4cc(OC)c(OC)c(OC)c4)oc23)ccn1. The van der Waals surface area contributed by atoms with Crippen LogP contribution in [0.2, 0.25) is 0 Å². The summed E-state index contributed by atoms with van der Waals surface area (Å²) in [4.78, 5) is 8.74. The zero-order chi connectivity index (χ0) is 20.4. The standard InChI is InChI=1S/C22H21N3O4/c1-23-20-11-13(5-7-25-20)15-6-8-24-16-12-17(29-21(15)16)14-9-18(26-2)22(28-4)19(10-14)27-3/h5-12H,1-4H3,(H,23,25). The molecular formula is C22H21N3O4. The van der Waals surface area contributed by atoms with Crippen molar-refractivity contribution >= 4 is 16.9 Å². The first-order valence-corrected chi connectivity index (χ1v) is 9.01. The van der Waals surface area contributed by atoms with Crippen LogP contribution in [0.3, 0.4) is 0 Å². The van der Waals surface area contributed by atoms with Crippen LogP contribution < -0.4 is 19.5 Å². The van der Waals surface area contributed by atoms with Crippen LogP contribution in [0.25, 0.3) is 33.6 Å². The number of nitrogens with one attached hydrogen (secondary N) is 1. The lowest BCUT2D eigenvalue weighted by Gasteiger charge is -2.13. The number of ether oxygens (including phenoxy) is 3. The molecule has 0 amide bonds. The highest BCUT2D eigenvalue weighted by molar-refractivity contribution is 5.93. The molecule has 0 saturated heterocycles. The van der Waals surface area contributed by atoms with Crippen molar-refractivity contribution in [2.45, 2.75) is 0 Å². The number of methoxy groups -OCH3 is 3. The number of rotatable bonds is 6. The van der Waals surface area contributed by atoms with Crippen molar-refractivity contribution in [1.29, 1.82) is 0 Å². The van der Waals surface area contributed by atoms with Gasteiger partial charge in [-0.25, -0.2) is 4.98 Å². The summed E-state index contributed by atoms with van der Waals surface area (Å²) in [6.45, 7) is 0. The van der Waals surface area contributed by atoms with Gasteiger partial charge in [0.15, 0.2) is 17.1 Å². The molecule has 0 fully saturated rings. The zero-order valence-corrected chi connectivity index (χ0v) is 16.6. The summed E-state index contributed by atoms with van der Waals surface area (Å²) >= 11 is 0.